The lowest BCUT2D eigenvalue weighted by Crippen LogP contribution is -2.44. The highest BCUT2D eigenvalue weighted by Crippen LogP contribution is 2.32. The van der Waals surface area contributed by atoms with Crippen LogP contribution in [0.3, 0.4) is 0 Å². The Bertz CT molecular complexity index is 913. The lowest BCUT2D eigenvalue weighted by atomic mass is 9.91. The van der Waals surface area contributed by atoms with E-state index in [0.717, 1.165) is 134 Å². The summed E-state index contributed by atoms with van der Waals surface area (Å²) >= 11 is 6.33. The van der Waals surface area contributed by atoms with E-state index in [0.29, 0.717) is 18.3 Å². The number of thioether (sulfide) groups is 3. The summed E-state index contributed by atoms with van der Waals surface area (Å²) in [5, 5.41) is 4.22. The molecule has 9 rings (SSSR count). The highest BCUT2D eigenvalue weighted by molar-refractivity contribution is 8.00. The smallest absolute Gasteiger partial charge is 0.0832 e. The van der Waals surface area contributed by atoms with Gasteiger partial charge in [0, 0.05) is 37.6 Å². The molecule has 9 aliphatic rings. The summed E-state index contributed by atoms with van der Waals surface area (Å²) < 4.78 is 25.8. The summed E-state index contributed by atoms with van der Waals surface area (Å²) in [5.74, 6) is 19.3. The third-order valence-electron chi connectivity index (χ3n) is 14.8. The third-order valence-corrected chi connectivity index (χ3v) is 19.0. The minimum absolute atomic E-state index is 0.565. The second-order valence-corrected chi connectivity index (χ2v) is 27.2. The predicted molar refractivity (Wildman–Crippen MR) is 400 cm³/mol. The van der Waals surface area contributed by atoms with Crippen LogP contribution in [0, 0.1) is 82.9 Å². The van der Waals surface area contributed by atoms with Gasteiger partial charge in [-0.3, -0.25) is 0 Å². The van der Waals surface area contributed by atoms with Crippen LogP contribution in [0.2, 0.25) is 0 Å². The molecule has 9 heteroatoms. The Morgan fingerprint density at radius 2 is 0.690 bits per heavy atom. The molecule has 0 saturated carbocycles. The summed E-state index contributed by atoms with van der Waals surface area (Å²) in [5.41, 5.74) is 0. The molecule has 0 amide bonds. The highest BCUT2D eigenvalue weighted by atomic mass is 32.2. The van der Waals surface area contributed by atoms with E-state index in [1.165, 1.54) is 86.8 Å². The molecular formula is C75H169NO5S3. The summed E-state index contributed by atoms with van der Waals surface area (Å²) in [6.07, 6.45) is 11.2. The summed E-state index contributed by atoms with van der Waals surface area (Å²) in [4.78, 5) is 0. The number of hydrogen-bond acceptors (Lipinski definition) is 9. The van der Waals surface area contributed by atoms with Crippen molar-refractivity contribution < 1.29 is 23.7 Å². The molecule has 0 radical (unpaired) electrons. The van der Waals surface area contributed by atoms with Crippen LogP contribution in [0.25, 0.3) is 0 Å². The normalized spacial score (nSPS) is 22.4. The fourth-order valence-electron chi connectivity index (χ4n) is 7.69. The first-order valence-corrected chi connectivity index (χ1v) is 40.1. The molecule has 522 valence electrons. The molecule has 1 N–H and O–H groups in total. The standard InChI is InChI=1S/2C7H14O.2C7H14S.C6H13N.2C6H12O.C6H12S.C5H10O.9C2H6/c1-6(2)7-3-4-8-5-7;1-6(2)7-4-3-5-8-7;1-6(2)7-3-4-8-5-7;1-6(2)7-4-3-5-8-7;2*1-5(2)6-3-7-4-6;1-5(2)6-3-4-7-6;1-5(2)6-3-7-4-6;1-4(2)5-3-6-5;9*1-2/h4*6-7H,3-5H2,1-2H3;5-7H,3-4H2,1-2H3;3*5-6H,3-4H2,1-2H3;4-5H,3H2,1-2H3;9*1-2H3. The van der Waals surface area contributed by atoms with Crippen LogP contribution >= 0.6 is 35.3 Å². The van der Waals surface area contributed by atoms with Gasteiger partial charge in [0.1, 0.15) is 0 Å². The van der Waals surface area contributed by atoms with Gasteiger partial charge in [-0.1, -0.05) is 249 Å². The van der Waals surface area contributed by atoms with E-state index in [4.69, 9.17) is 23.7 Å². The van der Waals surface area contributed by atoms with Crippen molar-refractivity contribution in [2.45, 2.75) is 318 Å². The molecule has 6 unspecified atom stereocenters. The molecule has 9 fully saturated rings. The van der Waals surface area contributed by atoms with Crippen molar-refractivity contribution in [2.75, 3.05) is 88.1 Å². The Labute approximate surface area is 549 Å². The van der Waals surface area contributed by atoms with E-state index >= 15 is 0 Å². The molecule has 6 atom stereocenters. The maximum atomic E-state index is 5.41. The van der Waals surface area contributed by atoms with Crippen molar-refractivity contribution in [1.82, 2.24) is 5.32 Å². The van der Waals surface area contributed by atoms with Gasteiger partial charge in [-0.2, -0.15) is 35.3 Å². The van der Waals surface area contributed by atoms with Crippen molar-refractivity contribution in [3.8, 4) is 0 Å². The van der Waals surface area contributed by atoms with Crippen molar-refractivity contribution >= 4 is 35.3 Å². The van der Waals surface area contributed by atoms with E-state index in [-0.39, 0.29) is 0 Å². The Kier molecular flexibility index (Phi) is 98.6. The highest BCUT2D eigenvalue weighted by Gasteiger charge is 2.26. The minimum Gasteiger partial charge on any atom is -0.381 e. The second kappa shape index (κ2) is 79.9. The van der Waals surface area contributed by atoms with Gasteiger partial charge in [-0.05, 0) is 164 Å². The van der Waals surface area contributed by atoms with E-state index in [9.17, 15) is 0 Å². The maximum absolute atomic E-state index is 5.41. The molecule has 6 nitrogen and oxygen atoms in total. The minimum atomic E-state index is 0.565. The quantitative estimate of drug-likeness (QED) is 0.228. The Morgan fingerprint density at radius 3 is 0.786 bits per heavy atom. The van der Waals surface area contributed by atoms with E-state index in [1.54, 1.807) is 0 Å². The monoisotopic (exact) mass is 1260 g/mol. The van der Waals surface area contributed by atoms with Crippen LogP contribution in [0.15, 0.2) is 0 Å². The lowest BCUT2D eigenvalue weighted by Gasteiger charge is -2.30. The van der Waals surface area contributed by atoms with Crippen LogP contribution in [-0.2, 0) is 23.7 Å². The molecule has 84 heavy (non-hydrogen) atoms. The topological polar surface area (TPSA) is 61.5 Å². The zero-order valence-corrected chi connectivity index (χ0v) is 67.5. The van der Waals surface area contributed by atoms with Crippen LogP contribution < -0.4 is 5.32 Å². The first-order chi connectivity index (χ1) is 40.2. The van der Waals surface area contributed by atoms with Gasteiger partial charge >= 0.3 is 0 Å². The Balaban J connectivity index is -0.000000104. The average molecular weight is 1260 g/mol. The van der Waals surface area contributed by atoms with E-state index in [2.05, 4.69) is 165 Å². The van der Waals surface area contributed by atoms with Crippen LogP contribution in [0.5, 0.6) is 0 Å². The zero-order valence-electron chi connectivity index (χ0n) is 65.0. The number of nitrogens with one attached hydrogen (secondary N) is 1. The lowest BCUT2D eigenvalue weighted by molar-refractivity contribution is -0.0763. The largest absolute Gasteiger partial charge is 0.381 e. The van der Waals surface area contributed by atoms with Crippen LogP contribution in [-0.4, -0.2) is 112 Å². The number of ether oxygens (including phenoxy) is 5. The number of hydrogen-bond donors (Lipinski definition) is 1. The SMILES string of the molecule is CC.CC.CC.CC.CC.CC.CC.CC.CC.CC(C)C1CCCO1.CC(C)C1CCCS1.CC(C)C1CCO1.CC(C)C1CCOC1.CC(C)C1CCSC1.CC(C)C1CNC1.CC(C)C1CO1.CC(C)C1COC1.CC(C)C1CSC1. The van der Waals surface area contributed by atoms with Crippen LogP contribution in [0.1, 0.15) is 294 Å². The van der Waals surface area contributed by atoms with Crippen molar-refractivity contribution in [3.63, 3.8) is 0 Å². The van der Waals surface area contributed by atoms with Gasteiger partial charge in [0.05, 0.1) is 38.1 Å². The molecule has 0 bridgehead atoms. The van der Waals surface area contributed by atoms with Gasteiger partial charge in [0.15, 0.2) is 0 Å². The molecule has 0 aromatic carbocycles. The molecule has 0 spiro atoms. The summed E-state index contributed by atoms with van der Waals surface area (Å²) in [6, 6.07) is 0. The fourth-order valence-corrected chi connectivity index (χ4v) is 11.8. The molecule has 0 aromatic heterocycles. The average Bonchev–Trinajstić information content (AvgIpc) is 4.06. The van der Waals surface area contributed by atoms with Gasteiger partial charge in [-0.15, -0.1) is 0 Å². The first kappa shape index (κ1) is 104. The Morgan fingerprint density at radius 1 is 0.298 bits per heavy atom. The van der Waals surface area contributed by atoms with E-state index in [1.807, 2.05) is 125 Å². The molecule has 0 aromatic rings. The fraction of sp³-hybridized carbons (Fsp3) is 1.00. The van der Waals surface area contributed by atoms with Crippen molar-refractivity contribution in [2.24, 2.45) is 82.9 Å². The summed E-state index contributed by atoms with van der Waals surface area (Å²) in [7, 11) is 0. The molecule has 9 aliphatic heterocycles. The molecular weight excluding hydrogens is 1090 g/mol. The maximum Gasteiger partial charge on any atom is 0.0832 e. The number of epoxide rings is 1. The zero-order chi connectivity index (χ0) is 67.6. The van der Waals surface area contributed by atoms with Gasteiger partial charge in [0.2, 0.25) is 0 Å². The molecule has 9 saturated heterocycles. The van der Waals surface area contributed by atoms with Crippen molar-refractivity contribution in [1.29, 1.82) is 0 Å². The molecule has 0 aliphatic carbocycles. The Hall–Kier alpha value is 0.810. The number of rotatable bonds is 9. The van der Waals surface area contributed by atoms with Gasteiger partial charge < -0.3 is 29.0 Å². The van der Waals surface area contributed by atoms with Crippen LogP contribution in [0.4, 0.5) is 0 Å². The second-order valence-electron chi connectivity index (χ2n) is 23.6. The predicted octanol–water partition coefficient (Wildman–Crippen LogP) is 24.3. The third kappa shape index (κ3) is 65.8. The van der Waals surface area contributed by atoms with Gasteiger partial charge in [0.25, 0.3) is 0 Å². The summed E-state index contributed by atoms with van der Waals surface area (Å²) in [6.45, 7) is 86.1. The van der Waals surface area contributed by atoms with E-state index < -0.39 is 0 Å². The first-order valence-electron chi connectivity index (χ1n) is 36.7. The van der Waals surface area contributed by atoms with Crippen molar-refractivity contribution in [3.05, 3.63) is 0 Å². The molecule has 9 heterocycles. The van der Waals surface area contributed by atoms with Gasteiger partial charge in [-0.25, -0.2) is 0 Å².